The van der Waals surface area contributed by atoms with Gasteiger partial charge in [0.2, 0.25) is 0 Å². The Labute approximate surface area is 79.2 Å². The number of aliphatic hydroxyl groups is 1. The van der Waals surface area contributed by atoms with Crippen molar-refractivity contribution in [3.63, 3.8) is 0 Å². The molecule has 1 aromatic carbocycles. The van der Waals surface area contributed by atoms with Gasteiger partial charge in [-0.1, -0.05) is 6.07 Å². The highest BCUT2D eigenvalue weighted by Gasteiger charge is 2.44. The zero-order valence-corrected chi connectivity index (χ0v) is 7.30. The van der Waals surface area contributed by atoms with Crippen LogP contribution < -0.4 is 0 Å². The molecule has 2 rings (SSSR count). The van der Waals surface area contributed by atoms with Crippen molar-refractivity contribution in [3.8, 4) is 0 Å². The third-order valence-electron chi connectivity index (χ3n) is 2.67. The highest BCUT2D eigenvalue weighted by atomic mass is 19.3. The Morgan fingerprint density at radius 1 is 1.36 bits per heavy atom. The third kappa shape index (κ3) is 1.21. The van der Waals surface area contributed by atoms with Gasteiger partial charge in [-0.3, -0.25) is 0 Å². The van der Waals surface area contributed by atoms with Crippen molar-refractivity contribution in [2.45, 2.75) is 24.9 Å². The molecule has 1 aromatic rings. The number of aryl methyl sites for hydroxylation is 1. The molecule has 0 aliphatic heterocycles. The maximum absolute atomic E-state index is 12.7. The summed E-state index contributed by atoms with van der Waals surface area (Å²) in [7, 11) is 0. The predicted octanol–water partition coefficient (Wildman–Crippen LogP) is 2.22. The fraction of sp³-hybridized carbons (Fsp3) is 0.400. The SMILES string of the molecule is OC1(C(F)F)CCc2cc(F)ccc21. The van der Waals surface area contributed by atoms with Crippen LogP contribution >= 0.6 is 0 Å². The Morgan fingerprint density at radius 3 is 2.71 bits per heavy atom. The highest BCUT2D eigenvalue weighted by molar-refractivity contribution is 5.38. The Morgan fingerprint density at radius 2 is 2.07 bits per heavy atom. The Balaban J connectivity index is 2.49. The van der Waals surface area contributed by atoms with Crippen LogP contribution in [0.25, 0.3) is 0 Å². The minimum absolute atomic E-state index is 0.0382. The van der Waals surface area contributed by atoms with Crippen LogP contribution in [0.15, 0.2) is 18.2 Å². The Bertz CT molecular complexity index is 364. The number of fused-ring (bicyclic) bond motifs is 1. The molecule has 14 heavy (non-hydrogen) atoms. The lowest BCUT2D eigenvalue weighted by atomic mass is 9.97. The number of hydrogen-bond donors (Lipinski definition) is 1. The number of benzene rings is 1. The van der Waals surface area contributed by atoms with Gasteiger partial charge in [-0.05, 0) is 36.1 Å². The number of alkyl halides is 2. The maximum Gasteiger partial charge on any atom is 0.270 e. The predicted molar refractivity (Wildman–Crippen MR) is 44.6 cm³/mol. The minimum Gasteiger partial charge on any atom is -0.379 e. The molecule has 0 radical (unpaired) electrons. The van der Waals surface area contributed by atoms with Gasteiger partial charge in [0.25, 0.3) is 6.43 Å². The molecule has 1 aliphatic rings. The standard InChI is InChI=1S/C10H9F3O/c11-7-1-2-8-6(5-7)3-4-10(8,14)9(12)13/h1-2,5,9,14H,3-4H2. The summed E-state index contributed by atoms with van der Waals surface area (Å²) in [5.41, 5.74) is -1.44. The van der Waals surface area contributed by atoms with E-state index in [4.69, 9.17) is 0 Å². The van der Waals surface area contributed by atoms with E-state index in [1.807, 2.05) is 0 Å². The van der Waals surface area contributed by atoms with Gasteiger partial charge in [-0.2, -0.15) is 0 Å². The Hall–Kier alpha value is -1.03. The van der Waals surface area contributed by atoms with Gasteiger partial charge in [0, 0.05) is 0 Å². The maximum atomic E-state index is 12.7. The first-order valence-corrected chi connectivity index (χ1v) is 4.33. The van der Waals surface area contributed by atoms with Gasteiger partial charge in [0.05, 0.1) is 0 Å². The van der Waals surface area contributed by atoms with E-state index in [9.17, 15) is 18.3 Å². The van der Waals surface area contributed by atoms with Gasteiger partial charge in [0.1, 0.15) is 5.82 Å². The zero-order valence-electron chi connectivity index (χ0n) is 7.30. The fourth-order valence-electron chi connectivity index (χ4n) is 1.88. The summed E-state index contributed by atoms with van der Waals surface area (Å²) >= 11 is 0. The molecule has 1 unspecified atom stereocenters. The molecule has 0 heterocycles. The zero-order chi connectivity index (χ0) is 10.3. The van der Waals surface area contributed by atoms with E-state index in [-0.39, 0.29) is 12.0 Å². The van der Waals surface area contributed by atoms with Crippen LogP contribution in [0.3, 0.4) is 0 Å². The van der Waals surface area contributed by atoms with Gasteiger partial charge in [-0.15, -0.1) is 0 Å². The molecule has 0 spiro atoms. The monoisotopic (exact) mass is 202 g/mol. The van der Waals surface area contributed by atoms with E-state index in [0.29, 0.717) is 12.0 Å². The molecule has 1 nitrogen and oxygen atoms in total. The summed E-state index contributed by atoms with van der Waals surface area (Å²) in [5, 5.41) is 9.64. The van der Waals surface area contributed by atoms with Crippen molar-refractivity contribution in [3.05, 3.63) is 35.1 Å². The molecular formula is C10H9F3O. The van der Waals surface area contributed by atoms with E-state index in [2.05, 4.69) is 0 Å². The van der Waals surface area contributed by atoms with Gasteiger partial charge in [-0.25, -0.2) is 13.2 Å². The normalized spacial score (nSPS) is 25.5. The first kappa shape index (κ1) is 9.52. The molecular weight excluding hydrogens is 193 g/mol. The van der Waals surface area contributed by atoms with E-state index < -0.39 is 17.8 Å². The van der Waals surface area contributed by atoms with E-state index in [1.54, 1.807) is 0 Å². The van der Waals surface area contributed by atoms with Crippen molar-refractivity contribution >= 4 is 0 Å². The first-order valence-electron chi connectivity index (χ1n) is 4.33. The molecule has 0 saturated carbocycles. The molecule has 0 fully saturated rings. The van der Waals surface area contributed by atoms with Gasteiger partial charge >= 0.3 is 0 Å². The number of hydrogen-bond acceptors (Lipinski definition) is 1. The smallest absolute Gasteiger partial charge is 0.270 e. The lowest BCUT2D eigenvalue weighted by molar-refractivity contribution is -0.100. The second-order valence-electron chi connectivity index (χ2n) is 3.53. The van der Waals surface area contributed by atoms with Crippen LogP contribution in [-0.2, 0) is 12.0 Å². The molecule has 0 saturated heterocycles. The number of rotatable bonds is 1. The average Bonchev–Trinajstić information content (AvgIpc) is 2.45. The summed E-state index contributed by atoms with van der Waals surface area (Å²) in [6.07, 6.45) is -2.56. The first-order chi connectivity index (χ1) is 6.54. The van der Waals surface area contributed by atoms with Crippen molar-refractivity contribution in [2.24, 2.45) is 0 Å². The molecule has 0 amide bonds. The van der Waals surface area contributed by atoms with Crippen molar-refractivity contribution in [1.29, 1.82) is 0 Å². The molecule has 1 atom stereocenters. The molecule has 0 aromatic heterocycles. The summed E-state index contributed by atoms with van der Waals surface area (Å²) in [5.74, 6) is -0.456. The summed E-state index contributed by atoms with van der Waals surface area (Å²) in [6.45, 7) is 0. The largest absolute Gasteiger partial charge is 0.379 e. The highest BCUT2D eigenvalue weighted by Crippen LogP contribution is 2.41. The van der Waals surface area contributed by atoms with Crippen LogP contribution in [0.4, 0.5) is 13.2 Å². The summed E-state index contributed by atoms with van der Waals surface area (Å²) < 4.78 is 37.9. The molecule has 1 aliphatic carbocycles. The Kier molecular flexibility index (Phi) is 2.03. The van der Waals surface area contributed by atoms with Crippen LogP contribution in [0.5, 0.6) is 0 Å². The van der Waals surface area contributed by atoms with Crippen molar-refractivity contribution < 1.29 is 18.3 Å². The summed E-state index contributed by atoms with van der Waals surface area (Å²) in [4.78, 5) is 0. The second-order valence-corrected chi connectivity index (χ2v) is 3.53. The van der Waals surface area contributed by atoms with Crippen molar-refractivity contribution in [1.82, 2.24) is 0 Å². The summed E-state index contributed by atoms with van der Waals surface area (Å²) in [6, 6.07) is 3.54. The third-order valence-corrected chi connectivity index (χ3v) is 2.67. The molecule has 4 heteroatoms. The molecule has 1 N–H and O–H groups in total. The molecule has 76 valence electrons. The quantitative estimate of drug-likeness (QED) is 0.740. The molecule has 0 bridgehead atoms. The van der Waals surface area contributed by atoms with E-state index in [1.165, 1.54) is 12.1 Å². The number of halogens is 3. The van der Waals surface area contributed by atoms with Crippen LogP contribution in [-0.4, -0.2) is 11.5 Å². The van der Waals surface area contributed by atoms with Crippen molar-refractivity contribution in [2.75, 3.05) is 0 Å². The lowest BCUT2D eigenvalue weighted by Crippen LogP contribution is -2.31. The average molecular weight is 202 g/mol. The van der Waals surface area contributed by atoms with Crippen LogP contribution in [0.1, 0.15) is 17.5 Å². The second kappa shape index (κ2) is 2.98. The topological polar surface area (TPSA) is 20.2 Å². The van der Waals surface area contributed by atoms with Crippen LogP contribution in [0.2, 0.25) is 0 Å². The lowest BCUT2D eigenvalue weighted by Gasteiger charge is -2.22. The minimum atomic E-state index is -2.82. The van der Waals surface area contributed by atoms with Gasteiger partial charge in [0.15, 0.2) is 5.60 Å². The fourth-order valence-corrected chi connectivity index (χ4v) is 1.88. The van der Waals surface area contributed by atoms with Crippen LogP contribution in [0, 0.1) is 5.82 Å². The van der Waals surface area contributed by atoms with E-state index >= 15 is 0 Å². The van der Waals surface area contributed by atoms with Gasteiger partial charge < -0.3 is 5.11 Å². The van der Waals surface area contributed by atoms with E-state index in [0.717, 1.165) is 6.07 Å².